The molecule has 1 heterocycles. The molecule has 1 saturated heterocycles. The molecule has 1 amide bonds. The maximum absolute atomic E-state index is 11.8. The molecule has 0 radical (unpaired) electrons. The van der Waals surface area contributed by atoms with E-state index >= 15 is 0 Å². The number of thioether (sulfide) groups is 2. The molecule has 2 atom stereocenters. The van der Waals surface area contributed by atoms with E-state index in [1.54, 1.807) is 23.5 Å². The third-order valence-electron chi connectivity index (χ3n) is 2.66. The molecular weight excluding hydrogens is 246 g/mol. The van der Waals surface area contributed by atoms with Crippen molar-refractivity contribution in [1.29, 1.82) is 0 Å². The maximum atomic E-state index is 11.8. The molecule has 16 heavy (non-hydrogen) atoms. The third-order valence-corrected chi connectivity index (χ3v) is 4.68. The van der Waals surface area contributed by atoms with E-state index in [0.717, 1.165) is 5.75 Å². The summed E-state index contributed by atoms with van der Waals surface area (Å²) in [7, 11) is 0. The van der Waals surface area contributed by atoms with Crippen molar-refractivity contribution < 1.29 is 14.7 Å². The van der Waals surface area contributed by atoms with Gasteiger partial charge in [-0.3, -0.25) is 4.79 Å². The largest absolute Gasteiger partial charge is 0.479 e. The molecule has 92 valence electrons. The van der Waals surface area contributed by atoms with Gasteiger partial charge in [-0.15, -0.1) is 0 Å². The minimum Gasteiger partial charge on any atom is -0.479 e. The fourth-order valence-corrected chi connectivity index (χ4v) is 3.55. The summed E-state index contributed by atoms with van der Waals surface area (Å²) in [6, 6.07) is 0. The van der Waals surface area contributed by atoms with Crippen LogP contribution in [-0.2, 0) is 9.59 Å². The molecule has 1 aliphatic heterocycles. The fraction of sp³-hybridized carbons (Fsp3) is 0.800. The van der Waals surface area contributed by atoms with E-state index in [9.17, 15) is 14.7 Å². The van der Waals surface area contributed by atoms with Crippen LogP contribution in [0, 0.1) is 5.92 Å². The molecule has 0 saturated carbocycles. The van der Waals surface area contributed by atoms with E-state index in [2.05, 4.69) is 5.32 Å². The Hall–Kier alpha value is -0.360. The lowest BCUT2D eigenvalue weighted by molar-refractivity contribution is -0.146. The summed E-state index contributed by atoms with van der Waals surface area (Å²) in [4.78, 5) is 23.0. The van der Waals surface area contributed by atoms with Crippen molar-refractivity contribution in [3.8, 4) is 0 Å². The van der Waals surface area contributed by atoms with Gasteiger partial charge in [0.25, 0.3) is 0 Å². The topological polar surface area (TPSA) is 66.4 Å². The van der Waals surface area contributed by atoms with Crippen molar-refractivity contribution in [3.63, 3.8) is 0 Å². The number of rotatable bonds is 5. The summed E-state index contributed by atoms with van der Waals surface area (Å²) in [6.45, 7) is 1.82. The highest BCUT2D eigenvalue weighted by atomic mass is 32.2. The second kappa shape index (κ2) is 5.82. The van der Waals surface area contributed by atoms with Crippen molar-refractivity contribution in [1.82, 2.24) is 5.32 Å². The smallest absolute Gasteiger partial charge is 0.330 e. The predicted octanol–water partition coefficient (Wildman–Crippen LogP) is 1.06. The molecule has 1 rings (SSSR count). The first-order chi connectivity index (χ1) is 7.52. The van der Waals surface area contributed by atoms with Gasteiger partial charge < -0.3 is 10.4 Å². The summed E-state index contributed by atoms with van der Waals surface area (Å²) in [6.07, 6.45) is 2.45. The van der Waals surface area contributed by atoms with Crippen LogP contribution in [-0.4, -0.2) is 46.0 Å². The van der Waals surface area contributed by atoms with Gasteiger partial charge in [-0.25, -0.2) is 4.79 Å². The molecule has 2 unspecified atom stereocenters. The van der Waals surface area contributed by atoms with Crippen LogP contribution < -0.4 is 5.32 Å². The van der Waals surface area contributed by atoms with Crippen LogP contribution in [0.3, 0.4) is 0 Å². The van der Waals surface area contributed by atoms with Gasteiger partial charge in [0.2, 0.25) is 5.91 Å². The lowest BCUT2D eigenvalue weighted by Crippen LogP contribution is -2.56. The van der Waals surface area contributed by atoms with Crippen LogP contribution in [0.1, 0.15) is 13.3 Å². The summed E-state index contributed by atoms with van der Waals surface area (Å²) < 4.78 is 0. The number of hydrogen-bond acceptors (Lipinski definition) is 4. The van der Waals surface area contributed by atoms with Crippen molar-refractivity contribution in [2.45, 2.75) is 18.9 Å². The number of amides is 1. The number of carbonyl (C=O) groups is 2. The zero-order valence-electron chi connectivity index (χ0n) is 9.49. The Labute approximate surface area is 104 Å². The molecule has 1 fully saturated rings. The molecule has 1 aliphatic rings. The highest BCUT2D eigenvalue weighted by molar-refractivity contribution is 7.99. The predicted molar refractivity (Wildman–Crippen MR) is 68.0 cm³/mol. The first-order valence-corrected chi connectivity index (χ1v) is 7.69. The van der Waals surface area contributed by atoms with Gasteiger partial charge in [0.1, 0.15) is 5.54 Å². The summed E-state index contributed by atoms with van der Waals surface area (Å²) in [5.74, 6) is 0.774. The van der Waals surface area contributed by atoms with Gasteiger partial charge in [-0.1, -0.05) is 6.92 Å². The molecule has 2 N–H and O–H groups in total. The van der Waals surface area contributed by atoms with Gasteiger partial charge in [-0.2, -0.15) is 23.5 Å². The summed E-state index contributed by atoms with van der Waals surface area (Å²) in [5.41, 5.74) is -1.03. The number of carboxylic acids is 1. The Kier molecular flexibility index (Phi) is 4.98. The van der Waals surface area contributed by atoms with Gasteiger partial charge in [-0.05, 0) is 18.4 Å². The number of nitrogens with one attached hydrogen (secondary N) is 1. The first kappa shape index (κ1) is 13.7. The number of aliphatic carboxylic acids is 1. The van der Waals surface area contributed by atoms with E-state index in [1.165, 1.54) is 0 Å². The highest BCUT2D eigenvalue weighted by Gasteiger charge is 2.43. The second-order valence-corrected chi connectivity index (χ2v) is 6.05. The highest BCUT2D eigenvalue weighted by Crippen LogP contribution is 2.28. The number of hydrogen-bond donors (Lipinski definition) is 2. The number of carboxylic acid groups (broad SMARTS) is 1. The Morgan fingerprint density at radius 3 is 2.75 bits per heavy atom. The molecule has 0 spiro atoms. The van der Waals surface area contributed by atoms with Crippen molar-refractivity contribution in [2.75, 3.05) is 23.5 Å². The van der Waals surface area contributed by atoms with E-state index in [4.69, 9.17) is 0 Å². The standard InChI is InChI=1S/C10H17NO3S2/c1-7(5-15-2)8(12)11-10(9(13)14)3-4-16-6-10/h7H,3-6H2,1-2H3,(H,11,12)(H,13,14). The maximum Gasteiger partial charge on any atom is 0.330 e. The average molecular weight is 263 g/mol. The van der Waals surface area contributed by atoms with Crippen LogP contribution in [0.5, 0.6) is 0 Å². The quantitative estimate of drug-likeness (QED) is 0.776. The zero-order chi connectivity index (χ0) is 12.2. The monoisotopic (exact) mass is 263 g/mol. The van der Waals surface area contributed by atoms with Crippen molar-refractivity contribution >= 4 is 35.4 Å². The molecule has 0 aromatic carbocycles. The Morgan fingerprint density at radius 1 is 1.62 bits per heavy atom. The summed E-state index contributed by atoms with van der Waals surface area (Å²) in [5, 5.41) is 11.9. The van der Waals surface area contributed by atoms with Gasteiger partial charge in [0.15, 0.2) is 0 Å². The minimum atomic E-state index is -1.03. The van der Waals surface area contributed by atoms with Crippen LogP contribution >= 0.6 is 23.5 Å². The third kappa shape index (κ3) is 3.07. The average Bonchev–Trinajstić information content (AvgIpc) is 2.68. The molecule has 0 aromatic rings. The van der Waals surface area contributed by atoms with E-state index < -0.39 is 11.5 Å². The van der Waals surface area contributed by atoms with Crippen LogP contribution in [0.4, 0.5) is 0 Å². The second-order valence-electron chi connectivity index (χ2n) is 4.04. The normalized spacial score (nSPS) is 26.4. The van der Waals surface area contributed by atoms with E-state index in [-0.39, 0.29) is 11.8 Å². The van der Waals surface area contributed by atoms with Crippen LogP contribution in [0.25, 0.3) is 0 Å². The van der Waals surface area contributed by atoms with Crippen LogP contribution in [0.2, 0.25) is 0 Å². The SMILES string of the molecule is CSCC(C)C(=O)NC1(C(=O)O)CCSC1. The van der Waals surface area contributed by atoms with Crippen molar-refractivity contribution in [2.24, 2.45) is 5.92 Å². The Balaban J connectivity index is 2.62. The Morgan fingerprint density at radius 2 is 2.31 bits per heavy atom. The molecule has 0 aliphatic carbocycles. The van der Waals surface area contributed by atoms with Crippen LogP contribution in [0.15, 0.2) is 0 Å². The molecule has 0 bridgehead atoms. The van der Waals surface area contributed by atoms with Gasteiger partial charge >= 0.3 is 5.97 Å². The molecular formula is C10H17NO3S2. The van der Waals surface area contributed by atoms with E-state index in [1.807, 2.05) is 13.2 Å². The van der Waals surface area contributed by atoms with Gasteiger partial charge in [0.05, 0.1) is 0 Å². The molecule has 4 nitrogen and oxygen atoms in total. The van der Waals surface area contributed by atoms with Gasteiger partial charge in [0, 0.05) is 17.4 Å². The fourth-order valence-electron chi connectivity index (χ4n) is 1.57. The first-order valence-electron chi connectivity index (χ1n) is 5.14. The number of carbonyl (C=O) groups excluding carboxylic acids is 1. The van der Waals surface area contributed by atoms with Crippen molar-refractivity contribution in [3.05, 3.63) is 0 Å². The summed E-state index contributed by atoms with van der Waals surface area (Å²) >= 11 is 3.17. The molecule has 0 aromatic heterocycles. The Bertz CT molecular complexity index is 277. The van der Waals surface area contributed by atoms with E-state index in [0.29, 0.717) is 17.9 Å². The lowest BCUT2D eigenvalue weighted by Gasteiger charge is -2.26. The lowest BCUT2D eigenvalue weighted by atomic mass is 9.98. The molecule has 6 heteroatoms. The minimum absolute atomic E-state index is 0.142. The zero-order valence-corrected chi connectivity index (χ0v) is 11.1.